The molecule has 3 N–H and O–H groups in total. The third-order valence-electron chi connectivity index (χ3n) is 3.20. The van der Waals surface area contributed by atoms with Gasteiger partial charge in [0, 0.05) is 12.6 Å². The van der Waals surface area contributed by atoms with Crippen molar-refractivity contribution < 1.29 is 9.90 Å². The van der Waals surface area contributed by atoms with Gasteiger partial charge in [0.25, 0.3) is 0 Å². The fraction of sp³-hybridized carbons (Fsp3) is 0.462. The van der Waals surface area contributed by atoms with E-state index in [-0.39, 0.29) is 6.04 Å². The van der Waals surface area contributed by atoms with Crippen LogP contribution in [0, 0.1) is 0 Å². The smallest absolute Gasteiger partial charge is 0.325 e. The average molecular weight is 234 g/mol. The third-order valence-corrected chi connectivity index (χ3v) is 3.20. The second kappa shape index (κ2) is 5.29. The minimum absolute atomic E-state index is 0.0920. The van der Waals surface area contributed by atoms with E-state index in [1.165, 1.54) is 0 Å². The van der Waals surface area contributed by atoms with Crippen LogP contribution < -0.4 is 5.73 Å². The Labute approximate surface area is 101 Å². The van der Waals surface area contributed by atoms with Crippen molar-refractivity contribution in [1.82, 2.24) is 4.90 Å². The second-order valence-electron chi connectivity index (χ2n) is 4.55. The number of nitrogens with zero attached hydrogens (tertiary/aromatic N) is 1. The molecule has 0 radical (unpaired) electrons. The number of hydrogen-bond donors (Lipinski definition) is 2. The van der Waals surface area contributed by atoms with Crippen LogP contribution in [-0.2, 0) is 4.79 Å². The quantitative estimate of drug-likeness (QED) is 0.825. The molecule has 1 aromatic rings. The first-order valence-corrected chi connectivity index (χ1v) is 5.96. The minimum Gasteiger partial charge on any atom is -0.480 e. The van der Waals surface area contributed by atoms with Gasteiger partial charge < -0.3 is 10.8 Å². The molecule has 2 rings (SSSR count). The fourth-order valence-electron chi connectivity index (χ4n) is 2.42. The molecule has 0 aliphatic carbocycles. The van der Waals surface area contributed by atoms with Gasteiger partial charge in [0.1, 0.15) is 6.04 Å². The molecule has 17 heavy (non-hydrogen) atoms. The van der Waals surface area contributed by atoms with E-state index in [2.05, 4.69) is 0 Å². The molecule has 1 aromatic carbocycles. The van der Waals surface area contributed by atoms with Crippen molar-refractivity contribution in [3.63, 3.8) is 0 Å². The van der Waals surface area contributed by atoms with Crippen molar-refractivity contribution in [2.24, 2.45) is 5.73 Å². The Kier molecular flexibility index (Phi) is 3.76. The number of nitrogens with two attached hydrogens (primary N) is 1. The van der Waals surface area contributed by atoms with Gasteiger partial charge in [-0.05, 0) is 24.9 Å². The third kappa shape index (κ3) is 2.84. The summed E-state index contributed by atoms with van der Waals surface area (Å²) in [5, 5.41) is 9.38. The molecule has 1 aliphatic heterocycles. The molecule has 2 atom stereocenters. The zero-order chi connectivity index (χ0) is 12.3. The summed E-state index contributed by atoms with van der Waals surface area (Å²) in [5.41, 5.74) is 6.73. The molecule has 0 spiro atoms. The number of hydrogen-bond acceptors (Lipinski definition) is 3. The van der Waals surface area contributed by atoms with Crippen molar-refractivity contribution in [2.45, 2.75) is 24.9 Å². The van der Waals surface area contributed by atoms with Crippen LogP contribution in [-0.4, -0.2) is 35.1 Å². The number of likely N-dealkylation sites (tertiary alicyclic amines) is 1. The van der Waals surface area contributed by atoms with Crippen molar-refractivity contribution in [3.05, 3.63) is 35.9 Å². The second-order valence-corrected chi connectivity index (χ2v) is 4.55. The highest BCUT2D eigenvalue weighted by atomic mass is 16.4. The van der Waals surface area contributed by atoms with E-state index in [4.69, 9.17) is 5.73 Å². The van der Waals surface area contributed by atoms with Gasteiger partial charge in [-0.3, -0.25) is 9.69 Å². The Morgan fingerprint density at radius 3 is 2.71 bits per heavy atom. The van der Waals surface area contributed by atoms with Crippen molar-refractivity contribution in [1.29, 1.82) is 0 Å². The topological polar surface area (TPSA) is 66.6 Å². The Hall–Kier alpha value is -1.39. The van der Waals surface area contributed by atoms with E-state index in [1.807, 2.05) is 35.2 Å². The van der Waals surface area contributed by atoms with Crippen LogP contribution in [0.25, 0.3) is 0 Å². The lowest BCUT2D eigenvalue weighted by Gasteiger charge is -2.35. The Bertz CT molecular complexity index is 380. The number of rotatable bonds is 3. The predicted molar refractivity (Wildman–Crippen MR) is 65.6 cm³/mol. The fourth-order valence-corrected chi connectivity index (χ4v) is 2.42. The number of aliphatic carboxylic acids is 1. The highest BCUT2D eigenvalue weighted by molar-refractivity contribution is 5.75. The van der Waals surface area contributed by atoms with Gasteiger partial charge in [0.05, 0.1) is 0 Å². The molecule has 0 aromatic heterocycles. The lowest BCUT2D eigenvalue weighted by molar-refractivity contribution is -0.144. The van der Waals surface area contributed by atoms with Crippen LogP contribution in [0.15, 0.2) is 30.3 Å². The maximum atomic E-state index is 11.4. The standard InChI is InChI=1S/C13H18N2O2/c14-11-7-4-8-15(9-11)12(13(16)17)10-5-2-1-3-6-10/h1-3,5-6,11-12H,4,7-9,14H2,(H,16,17). The number of carboxylic acids is 1. The number of carbonyl (C=O) groups is 1. The Morgan fingerprint density at radius 1 is 1.41 bits per heavy atom. The number of benzene rings is 1. The van der Waals surface area contributed by atoms with Gasteiger partial charge in [0.15, 0.2) is 0 Å². The van der Waals surface area contributed by atoms with Gasteiger partial charge in [-0.2, -0.15) is 0 Å². The maximum absolute atomic E-state index is 11.4. The monoisotopic (exact) mass is 234 g/mol. The average Bonchev–Trinajstić information content (AvgIpc) is 2.30. The van der Waals surface area contributed by atoms with Gasteiger partial charge in [-0.25, -0.2) is 0 Å². The summed E-state index contributed by atoms with van der Waals surface area (Å²) < 4.78 is 0. The molecular weight excluding hydrogens is 216 g/mol. The van der Waals surface area contributed by atoms with E-state index in [0.717, 1.165) is 24.9 Å². The summed E-state index contributed by atoms with van der Waals surface area (Å²) in [6, 6.07) is 8.88. The summed E-state index contributed by atoms with van der Waals surface area (Å²) in [4.78, 5) is 13.4. The summed E-state index contributed by atoms with van der Waals surface area (Å²) in [6.07, 6.45) is 1.95. The van der Waals surface area contributed by atoms with Crippen molar-refractivity contribution in [3.8, 4) is 0 Å². The Balaban J connectivity index is 2.20. The van der Waals surface area contributed by atoms with E-state index in [1.54, 1.807) is 0 Å². The molecule has 1 saturated heterocycles. The number of carboxylic acid groups (broad SMARTS) is 1. The van der Waals surface area contributed by atoms with Crippen molar-refractivity contribution in [2.75, 3.05) is 13.1 Å². The first-order chi connectivity index (χ1) is 8.18. The molecule has 1 fully saturated rings. The van der Waals surface area contributed by atoms with Crippen LogP contribution in [0.2, 0.25) is 0 Å². The number of piperidine rings is 1. The molecule has 1 aliphatic rings. The summed E-state index contributed by atoms with van der Waals surface area (Å²) in [5.74, 6) is -0.801. The van der Waals surface area contributed by atoms with E-state index < -0.39 is 12.0 Å². The Morgan fingerprint density at radius 2 is 2.12 bits per heavy atom. The molecule has 4 nitrogen and oxygen atoms in total. The first kappa shape index (κ1) is 12.1. The van der Waals surface area contributed by atoms with Gasteiger partial charge in [-0.1, -0.05) is 30.3 Å². The first-order valence-electron chi connectivity index (χ1n) is 5.96. The molecule has 0 saturated carbocycles. The summed E-state index contributed by atoms with van der Waals surface area (Å²) in [7, 11) is 0. The lowest BCUT2D eigenvalue weighted by Crippen LogP contribution is -2.46. The zero-order valence-corrected chi connectivity index (χ0v) is 9.75. The largest absolute Gasteiger partial charge is 0.480 e. The zero-order valence-electron chi connectivity index (χ0n) is 9.75. The normalized spacial score (nSPS) is 23.2. The molecule has 2 unspecified atom stereocenters. The minimum atomic E-state index is -0.801. The van der Waals surface area contributed by atoms with E-state index in [9.17, 15) is 9.90 Å². The molecule has 0 amide bonds. The highest BCUT2D eigenvalue weighted by Crippen LogP contribution is 2.24. The highest BCUT2D eigenvalue weighted by Gasteiger charge is 2.30. The molecule has 1 heterocycles. The summed E-state index contributed by atoms with van der Waals surface area (Å²) >= 11 is 0. The van der Waals surface area contributed by atoms with E-state index in [0.29, 0.717) is 6.54 Å². The van der Waals surface area contributed by atoms with Crippen LogP contribution in [0.5, 0.6) is 0 Å². The van der Waals surface area contributed by atoms with Gasteiger partial charge >= 0.3 is 5.97 Å². The van der Waals surface area contributed by atoms with Crippen LogP contribution >= 0.6 is 0 Å². The van der Waals surface area contributed by atoms with E-state index >= 15 is 0 Å². The summed E-state index contributed by atoms with van der Waals surface area (Å²) in [6.45, 7) is 1.46. The predicted octanol–water partition coefficient (Wildman–Crippen LogP) is 1.24. The van der Waals surface area contributed by atoms with Gasteiger partial charge in [0.2, 0.25) is 0 Å². The SMILES string of the molecule is NC1CCCN(C(C(=O)O)c2ccccc2)C1. The molecule has 0 bridgehead atoms. The van der Waals surface area contributed by atoms with Crippen LogP contribution in [0.3, 0.4) is 0 Å². The van der Waals surface area contributed by atoms with Crippen LogP contribution in [0.4, 0.5) is 0 Å². The molecular formula is C13H18N2O2. The molecule has 92 valence electrons. The lowest BCUT2D eigenvalue weighted by atomic mass is 10.00. The van der Waals surface area contributed by atoms with Gasteiger partial charge in [-0.15, -0.1) is 0 Å². The van der Waals surface area contributed by atoms with Crippen molar-refractivity contribution >= 4 is 5.97 Å². The molecule has 4 heteroatoms. The maximum Gasteiger partial charge on any atom is 0.325 e. The van der Waals surface area contributed by atoms with Crippen LogP contribution in [0.1, 0.15) is 24.4 Å².